The number of benzene rings is 1. The lowest BCUT2D eigenvalue weighted by Crippen LogP contribution is -2.23. The fourth-order valence-electron chi connectivity index (χ4n) is 1.77. The van der Waals surface area contributed by atoms with Gasteiger partial charge in [0.25, 0.3) is 5.91 Å². The fourth-order valence-corrected chi connectivity index (χ4v) is 1.77. The number of amides is 1. The van der Waals surface area contributed by atoms with Crippen molar-refractivity contribution in [3.05, 3.63) is 59.6 Å². The Bertz CT molecular complexity index is 682. The lowest BCUT2D eigenvalue weighted by Gasteiger charge is -2.05. The van der Waals surface area contributed by atoms with E-state index in [0.29, 0.717) is 17.1 Å². The van der Waals surface area contributed by atoms with Crippen LogP contribution in [0.3, 0.4) is 0 Å². The van der Waals surface area contributed by atoms with Crippen molar-refractivity contribution in [1.82, 2.24) is 5.32 Å². The van der Waals surface area contributed by atoms with E-state index in [9.17, 15) is 4.79 Å². The number of para-hydroxylation sites is 1. The van der Waals surface area contributed by atoms with Gasteiger partial charge in [0.15, 0.2) is 0 Å². The molecule has 5 nitrogen and oxygen atoms in total. The average Bonchev–Trinajstić information content (AvgIpc) is 3.04. The highest BCUT2D eigenvalue weighted by molar-refractivity contribution is 6.01. The SMILES string of the molecule is COc1ccccc1/C=C(\C#N)C(=O)NCc1ccco1. The maximum Gasteiger partial charge on any atom is 0.262 e. The van der Waals surface area contributed by atoms with E-state index < -0.39 is 5.91 Å². The number of rotatable bonds is 5. The van der Waals surface area contributed by atoms with Crippen LogP contribution in [0.4, 0.5) is 0 Å². The number of carbonyl (C=O) groups excluding carboxylic acids is 1. The first-order valence-electron chi connectivity index (χ1n) is 6.30. The Morgan fingerprint density at radius 1 is 1.38 bits per heavy atom. The summed E-state index contributed by atoms with van der Waals surface area (Å²) in [6.45, 7) is 0.233. The number of carbonyl (C=O) groups is 1. The van der Waals surface area contributed by atoms with E-state index in [0.717, 1.165) is 0 Å². The summed E-state index contributed by atoms with van der Waals surface area (Å²) >= 11 is 0. The highest BCUT2D eigenvalue weighted by Crippen LogP contribution is 2.20. The summed E-state index contributed by atoms with van der Waals surface area (Å²) in [5.74, 6) is 0.766. The van der Waals surface area contributed by atoms with Crippen LogP contribution in [0.1, 0.15) is 11.3 Å². The molecule has 1 heterocycles. The zero-order valence-corrected chi connectivity index (χ0v) is 11.5. The molecule has 1 aromatic heterocycles. The number of hydrogen-bond acceptors (Lipinski definition) is 4. The van der Waals surface area contributed by atoms with E-state index in [4.69, 9.17) is 14.4 Å². The molecule has 0 aliphatic carbocycles. The molecule has 0 fully saturated rings. The number of nitrogens with one attached hydrogen (secondary N) is 1. The number of nitrogens with zero attached hydrogens (tertiary/aromatic N) is 1. The third kappa shape index (κ3) is 3.74. The molecule has 21 heavy (non-hydrogen) atoms. The summed E-state index contributed by atoms with van der Waals surface area (Å²) in [6, 6.07) is 12.5. The van der Waals surface area contributed by atoms with Crippen LogP contribution in [0.25, 0.3) is 6.08 Å². The first kappa shape index (κ1) is 14.4. The van der Waals surface area contributed by atoms with E-state index >= 15 is 0 Å². The predicted octanol–water partition coefficient (Wildman–Crippen LogP) is 2.51. The Hall–Kier alpha value is -3.00. The summed E-state index contributed by atoms with van der Waals surface area (Å²) in [7, 11) is 1.54. The summed E-state index contributed by atoms with van der Waals surface area (Å²) < 4.78 is 10.3. The first-order chi connectivity index (χ1) is 10.2. The van der Waals surface area contributed by atoms with E-state index in [1.807, 2.05) is 18.2 Å². The van der Waals surface area contributed by atoms with Gasteiger partial charge in [-0.05, 0) is 24.3 Å². The number of furan rings is 1. The molecule has 0 bridgehead atoms. The van der Waals surface area contributed by atoms with Crippen molar-refractivity contribution >= 4 is 12.0 Å². The number of methoxy groups -OCH3 is 1. The molecule has 0 radical (unpaired) electrons. The number of ether oxygens (including phenoxy) is 1. The Labute approximate surface area is 122 Å². The minimum Gasteiger partial charge on any atom is -0.496 e. The van der Waals surface area contributed by atoms with Gasteiger partial charge in [0, 0.05) is 5.56 Å². The molecule has 0 spiro atoms. The molecule has 1 N–H and O–H groups in total. The van der Waals surface area contributed by atoms with Crippen molar-refractivity contribution in [1.29, 1.82) is 5.26 Å². The van der Waals surface area contributed by atoms with Crippen LogP contribution in [0.2, 0.25) is 0 Å². The van der Waals surface area contributed by atoms with Gasteiger partial charge in [0.05, 0.1) is 19.9 Å². The molecule has 0 saturated heterocycles. The zero-order valence-electron chi connectivity index (χ0n) is 11.5. The van der Waals surface area contributed by atoms with Gasteiger partial charge in [-0.1, -0.05) is 18.2 Å². The van der Waals surface area contributed by atoms with Crippen molar-refractivity contribution in [2.75, 3.05) is 7.11 Å². The zero-order chi connectivity index (χ0) is 15.1. The van der Waals surface area contributed by atoms with Crippen molar-refractivity contribution in [3.63, 3.8) is 0 Å². The van der Waals surface area contributed by atoms with Gasteiger partial charge in [-0.2, -0.15) is 5.26 Å². The smallest absolute Gasteiger partial charge is 0.262 e. The Kier molecular flexibility index (Phi) is 4.78. The minimum atomic E-state index is -0.459. The van der Waals surface area contributed by atoms with E-state index in [1.54, 1.807) is 24.3 Å². The van der Waals surface area contributed by atoms with Gasteiger partial charge < -0.3 is 14.5 Å². The predicted molar refractivity (Wildman–Crippen MR) is 77.1 cm³/mol. The molecule has 0 saturated carbocycles. The van der Waals surface area contributed by atoms with Gasteiger partial charge in [-0.3, -0.25) is 4.79 Å². The average molecular weight is 282 g/mol. The largest absolute Gasteiger partial charge is 0.496 e. The van der Waals surface area contributed by atoms with Crippen LogP contribution in [0, 0.1) is 11.3 Å². The third-order valence-corrected chi connectivity index (χ3v) is 2.81. The molecule has 0 unspecified atom stereocenters. The lowest BCUT2D eigenvalue weighted by atomic mass is 10.1. The Balaban J connectivity index is 2.13. The standard InChI is InChI=1S/C16H14N2O3/c1-20-15-7-3-2-5-12(15)9-13(10-17)16(19)18-11-14-6-4-8-21-14/h2-9H,11H2,1H3,(H,18,19)/b13-9+. The van der Waals surface area contributed by atoms with Gasteiger partial charge in [-0.25, -0.2) is 0 Å². The van der Waals surface area contributed by atoms with Crippen LogP contribution in [-0.2, 0) is 11.3 Å². The molecule has 2 aromatic rings. The molecule has 5 heteroatoms. The Morgan fingerprint density at radius 2 is 2.19 bits per heavy atom. The van der Waals surface area contributed by atoms with Crippen molar-refractivity contribution in [3.8, 4) is 11.8 Å². The molecule has 0 aliphatic rings. The van der Waals surface area contributed by atoms with Crippen LogP contribution < -0.4 is 10.1 Å². The highest BCUT2D eigenvalue weighted by atomic mass is 16.5. The topological polar surface area (TPSA) is 75.3 Å². The van der Waals surface area contributed by atoms with E-state index in [2.05, 4.69) is 5.32 Å². The van der Waals surface area contributed by atoms with Gasteiger partial charge in [0.1, 0.15) is 23.2 Å². The third-order valence-electron chi connectivity index (χ3n) is 2.81. The summed E-state index contributed by atoms with van der Waals surface area (Å²) in [6.07, 6.45) is 3.02. The second-order valence-electron chi connectivity index (χ2n) is 4.17. The molecule has 2 rings (SSSR count). The molecular formula is C16H14N2O3. The lowest BCUT2D eigenvalue weighted by molar-refractivity contribution is -0.117. The van der Waals surface area contributed by atoms with Gasteiger partial charge >= 0.3 is 0 Å². The molecule has 1 aromatic carbocycles. The van der Waals surface area contributed by atoms with Crippen LogP contribution in [0.15, 0.2) is 52.7 Å². The molecule has 0 atom stereocenters. The van der Waals surface area contributed by atoms with Crippen molar-refractivity contribution < 1.29 is 13.9 Å². The summed E-state index contributed by atoms with van der Waals surface area (Å²) in [4.78, 5) is 12.0. The summed E-state index contributed by atoms with van der Waals surface area (Å²) in [5, 5.41) is 11.8. The van der Waals surface area contributed by atoms with Crippen LogP contribution in [0.5, 0.6) is 5.75 Å². The second-order valence-corrected chi connectivity index (χ2v) is 4.17. The van der Waals surface area contributed by atoms with Crippen molar-refractivity contribution in [2.24, 2.45) is 0 Å². The number of hydrogen-bond donors (Lipinski definition) is 1. The van der Waals surface area contributed by atoms with Gasteiger partial charge in [-0.15, -0.1) is 0 Å². The maximum atomic E-state index is 12.0. The quantitative estimate of drug-likeness (QED) is 0.675. The molecule has 106 valence electrons. The minimum absolute atomic E-state index is 0.00561. The Morgan fingerprint density at radius 3 is 2.86 bits per heavy atom. The fraction of sp³-hybridized carbons (Fsp3) is 0.125. The van der Waals surface area contributed by atoms with E-state index in [1.165, 1.54) is 19.4 Å². The summed E-state index contributed by atoms with van der Waals surface area (Å²) in [5.41, 5.74) is 0.677. The maximum absolute atomic E-state index is 12.0. The molecular weight excluding hydrogens is 268 g/mol. The number of nitriles is 1. The normalized spacial score (nSPS) is 10.8. The second kappa shape index (κ2) is 6.96. The van der Waals surface area contributed by atoms with Gasteiger partial charge in [0.2, 0.25) is 0 Å². The molecule has 1 amide bonds. The van der Waals surface area contributed by atoms with Crippen LogP contribution in [-0.4, -0.2) is 13.0 Å². The van der Waals surface area contributed by atoms with Crippen LogP contribution >= 0.6 is 0 Å². The highest BCUT2D eigenvalue weighted by Gasteiger charge is 2.10. The monoisotopic (exact) mass is 282 g/mol. The van der Waals surface area contributed by atoms with Crippen molar-refractivity contribution in [2.45, 2.75) is 6.54 Å². The molecule has 0 aliphatic heterocycles. The van der Waals surface area contributed by atoms with E-state index in [-0.39, 0.29) is 12.1 Å². The first-order valence-corrected chi connectivity index (χ1v) is 6.30.